The molecule has 2 unspecified atom stereocenters. The molecule has 0 saturated carbocycles. The van der Waals surface area contributed by atoms with Crippen LogP contribution in [0.5, 0.6) is 5.75 Å². The monoisotopic (exact) mass is 335 g/mol. The molecule has 0 aromatic heterocycles. The number of ether oxygens (including phenoxy) is 2. The Morgan fingerprint density at radius 3 is 2.39 bits per heavy atom. The van der Waals surface area contributed by atoms with Crippen LogP contribution in [-0.4, -0.2) is 38.6 Å². The first-order valence-electron chi connectivity index (χ1n) is 7.44. The second-order valence-corrected chi connectivity index (χ2v) is 5.65. The van der Waals surface area contributed by atoms with Crippen molar-refractivity contribution in [3.63, 3.8) is 0 Å². The summed E-state index contributed by atoms with van der Waals surface area (Å²) < 4.78 is 10.2. The van der Waals surface area contributed by atoms with Crippen LogP contribution in [0.4, 0.5) is 0 Å². The molecule has 0 aliphatic carbocycles. The summed E-state index contributed by atoms with van der Waals surface area (Å²) >= 11 is 6.35. The van der Waals surface area contributed by atoms with E-state index in [1.54, 1.807) is 14.2 Å². The van der Waals surface area contributed by atoms with Gasteiger partial charge in [-0.25, -0.2) is 0 Å². The minimum absolute atomic E-state index is 0.124. The Morgan fingerprint density at radius 2 is 1.78 bits per heavy atom. The van der Waals surface area contributed by atoms with Crippen molar-refractivity contribution < 1.29 is 14.6 Å². The van der Waals surface area contributed by atoms with Gasteiger partial charge in [0.15, 0.2) is 0 Å². The van der Waals surface area contributed by atoms with E-state index < -0.39 is 6.10 Å². The first-order chi connectivity index (χ1) is 11.2. The molecule has 0 radical (unpaired) electrons. The molecule has 2 atom stereocenters. The predicted molar refractivity (Wildman–Crippen MR) is 92.2 cm³/mol. The van der Waals surface area contributed by atoms with Gasteiger partial charge in [0.2, 0.25) is 0 Å². The van der Waals surface area contributed by atoms with Gasteiger partial charge in [-0.15, -0.1) is 0 Å². The molecule has 0 aliphatic rings. The van der Waals surface area contributed by atoms with Crippen molar-refractivity contribution in [2.45, 2.75) is 12.1 Å². The van der Waals surface area contributed by atoms with Gasteiger partial charge in [0.05, 0.1) is 25.9 Å². The van der Waals surface area contributed by atoms with Crippen molar-refractivity contribution in [2.75, 3.05) is 27.4 Å². The third-order valence-corrected chi connectivity index (χ3v) is 3.93. The van der Waals surface area contributed by atoms with Crippen LogP contribution in [0.2, 0.25) is 5.02 Å². The zero-order valence-electron chi connectivity index (χ0n) is 13.3. The summed E-state index contributed by atoms with van der Waals surface area (Å²) in [6.45, 7) is 0.681. The van der Waals surface area contributed by atoms with E-state index >= 15 is 0 Å². The third-order valence-electron chi connectivity index (χ3n) is 3.58. The van der Waals surface area contributed by atoms with Gasteiger partial charge >= 0.3 is 0 Å². The van der Waals surface area contributed by atoms with Gasteiger partial charge in [-0.2, -0.15) is 0 Å². The lowest BCUT2D eigenvalue weighted by molar-refractivity contribution is 0.0634. The summed E-state index contributed by atoms with van der Waals surface area (Å²) in [4.78, 5) is 0. The predicted octanol–water partition coefficient (Wildman–Crippen LogP) is 3.03. The fraction of sp³-hybridized carbons (Fsp3) is 0.333. The minimum Gasteiger partial charge on any atom is -0.497 e. The van der Waals surface area contributed by atoms with Gasteiger partial charge in [-0.3, -0.25) is 0 Å². The Balaban J connectivity index is 2.25. The van der Waals surface area contributed by atoms with E-state index in [4.69, 9.17) is 21.1 Å². The minimum atomic E-state index is -0.580. The highest BCUT2D eigenvalue weighted by Crippen LogP contribution is 2.29. The molecule has 4 nitrogen and oxygen atoms in total. The maximum atomic E-state index is 9.90. The summed E-state index contributed by atoms with van der Waals surface area (Å²) in [6.07, 6.45) is -0.580. The highest BCUT2D eigenvalue weighted by atomic mass is 35.5. The smallest absolute Gasteiger partial charge is 0.118 e. The molecule has 0 aliphatic heterocycles. The van der Waals surface area contributed by atoms with Crippen LogP contribution in [0, 0.1) is 0 Å². The normalized spacial score (nSPS) is 13.6. The van der Waals surface area contributed by atoms with Crippen LogP contribution in [-0.2, 0) is 4.74 Å². The molecule has 124 valence electrons. The Bertz CT molecular complexity index is 603. The van der Waals surface area contributed by atoms with E-state index in [1.165, 1.54) is 0 Å². The number of hydrogen-bond acceptors (Lipinski definition) is 4. The summed E-state index contributed by atoms with van der Waals surface area (Å²) in [6, 6.07) is 15.4. The molecule has 2 rings (SSSR count). The van der Waals surface area contributed by atoms with E-state index in [0.29, 0.717) is 11.6 Å². The van der Waals surface area contributed by atoms with Crippen molar-refractivity contribution in [1.82, 2.24) is 5.32 Å². The lowest BCUT2D eigenvalue weighted by Crippen LogP contribution is -2.33. The average Bonchev–Trinajstić information content (AvgIpc) is 2.57. The average molecular weight is 336 g/mol. The molecule has 2 N–H and O–H groups in total. The molecule has 0 saturated heterocycles. The van der Waals surface area contributed by atoms with Crippen LogP contribution < -0.4 is 10.1 Å². The molecule has 0 heterocycles. The van der Waals surface area contributed by atoms with Crippen molar-refractivity contribution in [3.8, 4) is 5.75 Å². The lowest BCUT2D eigenvalue weighted by atomic mass is 9.98. The van der Waals surface area contributed by atoms with Crippen molar-refractivity contribution in [1.29, 1.82) is 0 Å². The van der Waals surface area contributed by atoms with E-state index in [2.05, 4.69) is 5.32 Å². The fourth-order valence-corrected chi connectivity index (χ4v) is 2.66. The van der Waals surface area contributed by atoms with Crippen LogP contribution in [0.25, 0.3) is 0 Å². The summed E-state index contributed by atoms with van der Waals surface area (Å²) in [5.41, 5.74) is 2.01. The Labute approximate surface area is 142 Å². The van der Waals surface area contributed by atoms with Gasteiger partial charge in [-0.1, -0.05) is 41.9 Å². The van der Waals surface area contributed by atoms with E-state index in [0.717, 1.165) is 16.9 Å². The topological polar surface area (TPSA) is 50.7 Å². The Morgan fingerprint density at radius 1 is 1.09 bits per heavy atom. The molecular formula is C18H22ClNO3. The van der Waals surface area contributed by atoms with Crippen molar-refractivity contribution in [3.05, 3.63) is 64.7 Å². The molecule has 23 heavy (non-hydrogen) atoms. The number of benzene rings is 2. The first-order valence-corrected chi connectivity index (χ1v) is 7.82. The molecule has 2 aromatic carbocycles. The van der Waals surface area contributed by atoms with Crippen LogP contribution in [0.3, 0.4) is 0 Å². The van der Waals surface area contributed by atoms with Crippen molar-refractivity contribution in [2.24, 2.45) is 0 Å². The van der Waals surface area contributed by atoms with Crippen LogP contribution in [0.15, 0.2) is 48.5 Å². The lowest BCUT2D eigenvalue weighted by Gasteiger charge is -2.23. The van der Waals surface area contributed by atoms with Gasteiger partial charge in [0, 0.05) is 18.7 Å². The molecule has 0 amide bonds. The zero-order valence-corrected chi connectivity index (χ0v) is 14.1. The number of aliphatic hydroxyl groups excluding tert-OH is 1. The van der Waals surface area contributed by atoms with Crippen LogP contribution in [0.1, 0.15) is 17.2 Å². The first kappa shape index (κ1) is 17.8. The molecule has 5 heteroatoms. The number of hydrogen-bond donors (Lipinski definition) is 2. The molecule has 0 fully saturated rings. The molecular weight excluding hydrogens is 314 g/mol. The number of halogens is 1. The van der Waals surface area contributed by atoms with E-state index in [1.807, 2.05) is 48.5 Å². The third kappa shape index (κ3) is 4.94. The summed E-state index contributed by atoms with van der Waals surface area (Å²) in [7, 11) is 3.21. The van der Waals surface area contributed by atoms with Gasteiger partial charge in [0.25, 0.3) is 0 Å². The Kier molecular flexibility index (Phi) is 6.86. The SMILES string of the molecule is COCC(O)CNC(c1ccc(OC)cc1)c1ccccc1Cl. The molecule has 2 aromatic rings. The van der Waals surface area contributed by atoms with Crippen LogP contribution >= 0.6 is 11.6 Å². The van der Waals surface area contributed by atoms with Gasteiger partial charge in [-0.05, 0) is 29.3 Å². The second kappa shape index (κ2) is 8.89. The van der Waals surface area contributed by atoms with Crippen molar-refractivity contribution >= 4 is 11.6 Å². The molecule has 0 spiro atoms. The number of nitrogens with one attached hydrogen (secondary N) is 1. The largest absolute Gasteiger partial charge is 0.497 e. The van der Waals surface area contributed by atoms with Gasteiger partial charge in [0.1, 0.15) is 5.75 Å². The highest BCUT2D eigenvalue weighted by molar-refractivity contribution is 6.31. The zero-order chi connectivity index (χ0) is 16.7. The summed E-state index contributed by atoms with van der Waals surface area (Å²) in [5, 5.41) is 13.9. The Hall–Kier alpha value is -1.59. The highest BCUT2D eigenvalue weighted by Gasteiger charge is 2.18. The standard InChI is InChI=1S/C18H22ClNO3/c1-22-12-14(21)11-20-18(16-5-3-4-6-17(16)19)13-7-9-15(23-2)10-8-13/h3-10,14,18,20-21H,11-12H2,1-2H3. The van der Waals surface area contributed by atoms with Gasteiger partial charge < -0.3 is 19.9 Å². The number of rotatable bonds is 8. The number of aliphatic hydroxyl groups is 1. The molecule has 0 bridgehead atoms. The number of methoxy groups -OCH3 is 2. The van der Waals surface area contributed by atoms with E-state index in [-0.39, 0.29) is 12.6 Å². The fourth-order valence-electron chi connectivity index (χ4n) is 2.42. The maximum Gasteiger partial charge on any atom is 0.118 e. The summed E-state index contributed by atoms with van der Waals surface area (Å²) in [5.74, 6) is 0.797. The maximum absolute atomic E-state index is 9.90. The quantitative estimate of drug-likeness (QED) is 0.778. The second-order valence-electron chi connectivity index (χ2n) is 5.25. The van der Waals surface area contributed by atoms with E-state index in [9.17, 15) is 5.11 Å².